The van der Waals surface area contributed by atoms with E-state index in [2.05, 4.69) is 37.6 Å². The van der Waals surface area contributed by atoms with E-state index in [0.29, 0.717) is 19.4 Å². The number of nitrogens with two attached hydrogens (primary N) is 1. The maximum absolute atomic E-state index is 13.0. The Hall–Kier alpha value is -1.92. The largest absolute Gasteiger partial charge is 0.408 e. The van der Waals surface area contributed by atoms with Gasteiger partial charge in [0.25, 0.3) is 0 Å². The summed E-state index contributed by atoms with van der Waals surface area (Å²) in [7, 11) is 0. The maximum atomic E-state index is 13.0. The Morgan fingerprint density at radius 2 is 0.918 bits per heavy atom. The first-order valence-electron chi connectivity index (χ1n) is 20.8. The molecule has 0 aromatic heterocycles. The topological polar surface area (TPSA) is 90.7 Å². The molecule has 0 saturated heterocycles. The molecule has 0 aromatic carbocycles. The van der Waals surface area contributed by atoms with Gasteiger partial charge in [-0.15, -0.1) is 13.2 Å². The van der Waals surface area contributed by atoms with E-state index in [4.69, 9.17) is 15.2 Å². The molecular formula is C43H80N2O4. The number of carbonyl (C=O) groups excluding carboxylic acids is 2. The first kappa shape index (κ1) is 47.1. The molecule has 0 fully saturated rings. The average molecular weight is 689 g/mol. The second-order valence-corrected chi connectivity index (χ2v) is 14.0. The van der Waals surface area contributed by atoms with Crippen molar-refractivity contribution >= 4 is 11.9 Å². The van der Waals surface area contributed by atoms with Crippen molar-refractivity contribution in [2.75, 3.05) is 13.1 Å². The molecule has 0 aromatic rings. The molecule has 49 heavy (non-hydrogen) atoms. The van der Waals surface area contributed by atoms with E-state index < -0.39 is 5.91 Å². The van der Waals surface area contributed by atoms with Gasteiger partial charge in [0, 0.05) is 25.9 Å². The van der Waals surface area contributed by atoms with Crippen LogP contribution in [-0.4, -0.2) is 30.9 Å². The van der Waals surface area contributed by atoms with Crippen LogP contribution in [0.4, 0.5) is 0 Å². The molecule has 0 aliphatic rings. The molecule has 3 N–H and O–H groups in total. The number of ether oxygens (including phenoxy) is 2. The molecule has 0 aliphatic carbocycles. The summed E-state index contributed by atoms with van der Waals surface area (Å²) in [5.74, 6) is -2.15. The molecule has 0 rings (SSSR count). The van der Waals surface area contributed by atoms with Crippen molar-refractivity contribution in [2.45, 2.75) is 212 Å². The fourth-order valence-electron chi connectivity index (χ4n) is 6.12. The second-order valence-electron chi connectivity index (χ2n) is 14.0. The molecule has 6 nitrogen and oxygen atoms in total. The van der Waals surface area contributed by atoms with Gasteiger partial charge in [-0.1, -0.05) is 140 Å². The average Bonchev–Trinajstić information content (AvgIpc) is 3.08. The molecule has 0 aliphatic heterocycles. The summed E-state index contributed by atoms with van der Waals surface area (Å²) in [6.07, 6.45) is 42.0. The van der Waals surface area contributed by atoms with Crippen molar-refractivity contribution < 1.29 is 19.1 Å². The number of allylic oxidation sites excluding steroid dienone is 4. The molecule has 0 saturated carbocycles. The Bertz CT molecular complexity index is 759. The van der Waals surface area contributed by atoms with Gasteiger partial charge in [-0.05, 0) is 70.6 Å². The van der Waals surface area contributed by atoms with Crippen LogP contribution in [0.1, 0.15) is 206 Å². The zero-order chi connectivity index (χ0) is 35.9. The highest BCUT2D eigenvalue weighted by molar-refractivity contribution is 5.72. The minimum atomic E-state index is -1.49. The smallest absolute Gasteiger partial charge is 0.319 e. The van der Waals surface area contributed by atoms with Gasteiger partial charge < -0.3 is 15.2 Å². The molecule has 0 bridgehead atoms. The van der Waals surface area contributed by atoms with Crippen molar-refractivity contribution in [3.63, 3.8) is 0 Å². The minimum absolute atomic E-state index is 0.240. The number of hydrogen-bond donors (Lipinski definition) is 2. The SMILES string of the molecule is C=CCCCCCCCCC(=O)OC(CCN)(NCCCCCCCC/C=C\CCCCCCCC)OC(=O)CCCCCCCCC=C. The van der Waals surface area contributed by atoms with Crippen LogP contribution in [0.3, 0.4) is 0 Å². The van der Waals surface area contributed by atoms with Gasteiger partial charge >= 0.3 is 17.8 Å². The van der Waals surface area contributed by atoms with Gasteiger partial charge in [-0.3, -0.25) is 9.59 Å². The second kappa shape index (κ2) is 37.3. The number of esters is 2. The number of nitrogens with one attached hydrogen (secondary N) is 1. The van der Waals surface area contributed by atoms with E-state index in [1.807, 2.05) is 12.2 Å². The molecule has 0 spiro atoms. The third kappa shape index (κ3) is 33.0. The summed E-state index contributed by atoms with van der Waals surface area (Å²) in [6.45, 7) is 10.7. The van der Waals surface area contributed by atoms with Crippen LogP contribution in [0.15, 0.2) is 37.5 Å². The van der Waals surface area contributed by atoms with E-state index in [1.54, 1.807) is 0 Å². The van der Waals surface area contributed by atoms with E-state index in [1.165, 1.54) is 116 Å². The Morgan fingerprint density at radius 1 is 0.551 bits per heavy atom. The van der Waals surface area contributed by atoms with E-state index in [0.717, 1.165) is 64.2 Å². The highest BCUT2D eigenvalue weighted by Gasteiger charge is 2.37. The first-order valence-corrected chi connectivity index (χ1v) is 20.8. The van der Waals surface area contributed by atoms with Gasteiger partial charge in [0.2, 0.25) is 0 Å². The highest BCUT2D eigenvalue weighted by atomic mass is 16.7. The third-order valence-electron chi connectivity index (χ3n) is 9.19. The lowest BCUT2D eigenvalue weighted by atomic mass is 10.1. The van der Waals surface area contributed by atoms with Gasteiger partial charge in [0.15, 0.2) is 0 Å². The molecule has 6 heteroatoms. The van der Waals surface area contributed by atoms with Gasteiger partial charge in [0.1, 0.15) is 0 Å². The molecule has 0 unspecified atom stereocenters. The van der Waals surface area contributed by atoms with Crippen molar-refractivity contribution in [3.8, 4) is 0 Å². The zero-order valence-corrected chi connectivity index (χ0v) is 32.3. The molecular weight excluding hydrogens is 608 g/mol. The van der Waals surface area contributed by atoms with Gasteiger partial charge in [-0.25, -0.2) is 5.32 Å². The Kier molecular flexibility index (Phi) is 35.9. The number of unbranched alkanes of at least 4 members (excludes halogenated alkanes) is 24. The summed E-state index contributed by atoms with van der Waals surface area (Å²) >= 11 is 0. The predicted molar refractivity (Wildman–Crippen MR) is 210 cm³/mol. The van der Waals surface area contributed by atoms with Crippen molar-refractivity contribution in [3.05, 3.63) is 37.5 Å². The molecule has 0 radical (unpaired) electrons. The monoisotopic (exact) mass is 689 g/mol. The van der Waals surface area contributed by atoms with Crippen LogP contribution in [0, 0.1) is 0 Å². The Labute approximate surface area is 303 Å². The lowest BCUT2D eigenvalue weighted by molar-refractivity contribution is -0.243. The van der Waals surface area contributed by atoms with Crippen LogP contribution in [-0.2, 0) is 19.1 Å². The first-order chi connectivity index (χ1) is 24.0. The third-order valence-corrected chi connectivity index (χ3v) is 9.19. The highest BCUT2D eigenvalue weighted by Crippen LogP contribution is 2.20. The summed E-state index contributed by atoms with van der Waals surface area (Å²) in [6, 6.07) is 0. The van der Waals surface area contributed by atoms with Crippen LogP contribution in [0.5, 0.6) is 0 Å². The Balaban J connectivity index is 4.59. The Morgan fingerprint density at radius 3 is 1.33 bits per heavy atom. The maximum Gasteiger partial charge on any atom is 0.319 e. The van der Waals surface area contributed by atoms with E-state index >= 15 is 0 Å². The number of rotatable bonds is 39. The lowest BCUT2D eigenvalue weighted by Crippen LogP contribution is -2.54. The minimum Gasteiger partial charge on any atom is -0.408 e. The van der Waals surface area contributed by atoms with Gasteiger partial charge in [-0.2, -0.15) is 0 Å². The van der Waals surface area contributed by atoms with Crippen molar-refractivity contribution in [2.24, 2.45) is 5.73 Å². The summed E-state index contributed by atoms with van der Waals surface area (Å²) in [4.78, 5) is 25.9. The number of carbonyl (C=O) groups is 2. The zero-order valence-electron chi connectivity index (χ0n) is 32.3. The fraction of sp³-hybridized carbons (Fsp3) is 0.814. The molecule has 0 heterocycles. The van der Waals surface area contributed by atoms with Gasteiger partial charge in [0.05, 0.1) is 6.42 Å². The molecule has 0 amide bonds. The van der Waals surface area contributed by atoms with Crippen molar-refractivity contribution in [1.29, 1.82) is 0 Å². The molecule has 286 valence electrons. The normalized spacial score (nSPS) is 11.6. The van der Waals surface area contributed by atoms with Crippen LogP contribution in [0.25, 0.3) is 0 Å². The predicted octanol–water partition coefficient (Wildman–Crippen LogP) is 12.3. The van der Waals surface area contributed by atoms with Crippen LogP contribution < -0.4 is 11.1 Å². The van der Waals surface area contributed by atoms with Crippen LogP contribution >= 0.6 is 0 Å². The summed E-state index contributed by atoms with van der Waals surface area (Å²) in [5.41, 5.74) is 5.97. The summed E-state index contributed by atoms with van der Waals surface area (Å²) in [5, 5.41) is 3.31. The fourth-order valence-corrected chi connectivity index (χ4v) is 6.12. The van der Waals surface area contributed by atoms with E-state index in [9.17, 15) is 9.59 Å². The summed E-state index contributed by atoms with van der Waals surface area (Å²) < 4.78 is 11.8. The quantitative estimate of drug-likeness (QED) is 0.0289. The molecule has 0 atom stereocenters. The van der Waals surface area contributed by atoms with Crippen molar-refractivity contribution in [1.82, 2.24) is 5.32 Å². The van der Waals surface area contributed by atoms with E-state index in [-0.39, 0.29) is 24.9 Å². The van der Waals surface area contributed by atoms with Crippen LogP contribution in [0.2, 0.25) is 0 Å². The lowest BCUT2D eigenvalue weighted by Gasteiger charge is -2.33. The number of hydrogen-bond acceptors (Lipinski definition) is 6. The standard InChI is InChI=1S/C43H80N2O4/c1-4-7-10-13-16-19-20-21-22-23-24-25-26-29-32-35-40-45-43(38-39-44,48-41(46)36-33-30-27-17-14-11-8-5-2)49-42(47)37-34-31-28-18-15-12-9-6-3/h5-6,21-22,45H,2-4,7-20,23-40,44H2,1H3/b22-21-.